The molecule has 0 saturated carbocycles. The zero-order valence-electron chi connectivity index (χ0n) is 19.8. The number of anilines is 1. The molecule has 0 aliphatic carbocycles. The van der Waals surface area contributed by atoms with Gasteiger partial charge in [-0.15, -0.1) is 0 Å². The van der Waals surface area contributed by atoms with E-state index in [-0.39, 0.29) is 23.2 Å². The van der Waals surface area contributed by atoms with Crippen LogP contribution in [0.4, 0.5) is 11.4 Å². The molecule has 0 fully saturated rings. The molecule has 0 radical (unpaired) electrons. The lowest BCUT2D eigenvalue weighted by atomic mass is 10.1. The Morgan fingerprint density at radius 1 is 1.03 bits per heavy atom. The monoisotopic (exact) mass is 558 g/mol. The number of nitrogens with zero attached hydrogens (tertiary/aromatic N) is 3. The van der Waals surface area contributed by atoms with Crippen LogP contribution in [0.2, 0.25) is 15.1 Å². The van der Waals surface area contributed by atoms with Gasteiger partial charge in [0.1, 0.15) is 12.4 Å². The number of halogens is 3. The number of hydrogen-bond donors (Lipinski definition) is 1. The first kappa shape index (κ1) is 26.5. The van der Waals surface area contributed by atoms with Crippen molar-refractivity contribution in [3.05, 3.63) is 114 Å². The Bertz CT molecular complexity index is 1470. The van der Waals surface area contributed by atoms with Gasteiger partial charge in [0, 0.05) is 33.3 Å². The Labute approximate surface area is 227 Å². The number of non-ortho nitro benzene ring substituents is 1. The van der Waals surface area contributed by atoms with Gasteiger partial charge in [-0.1, -0.05) is 53.0 Å². The Morgan fingerprint density at radius 2 is 1.70 bits per heavy atom. The Morgan fingerprint density at radius 3 is 2.32 bits per heavy atom. The van der Waals surface area contributed by atoms with E-state index in [1.54, 1.807) is 47.1 Å². The van der Waals surface area contributed by atoms with Crippen molar-refractivity contribution in [3.8, 4) is 5.75 Å². The van der Waals surface area contributed by atoms with E-state index in [1.807, 2.05) is 13.8 Å². The molecule has 1 N–H and O–H groups in total. The molecule has 0 aliphatic heterocycles. The summed E-state index contributed by atoms with van der Waals surface area (Å²) in [7, 11) is 0. The molecule has 0 aliphatic rings. The van der Waals surface area contributed by atoms with Crippen molar-refractivity contribution < 1.29 is 14.5 Å². The Kier molecular flexibility index (Phi) is 8.02. The van der Waals surface area contributed by atoms with Crippen molar-refractivity contribution in [2.24, 2.45) is 0 Å². The number of nitro groups is 1. The van der Waals surface area contributed by atoms with Crippen LogP contribution in [0, 0.1) is 24.0 Å². The number of nitro benzene ring substituents is 1. The maximum absolute atomic E-state index is 12.9. The van der Waals surface area contributed by atoms with Crippen LogP contribution in [0.1, 0.15) is 32.9 Å². The molecule has 37 heavy (non-hydrogen) atoms. The van der Waals surface area contributed by atoms with Crippen molar-refractivity contribution in [1.82, 2.24) is 9.78 Å². The van der Waals surface area contributed by atoms with Gasteiger partial charge in [0.05, 0.1) is 33.6 Å². The van der Waals surface area contributed by atoms with E-state index >= 15 is 0 Å². The molecule has 0 atom stereocenters. The zero-order chi connectivity index (χ0) is 26.7. The third-order valence-electron chi connectivity index (χ3n) is 5.73. The molecule has 3 aromatic carbocycles. The normalized spacial score (nSPS) is 10.8. The van der Waals surface area contributed by atoms with Gasteiger partial charge in [0.2, 0.25) is 0 Å². The summed E-state index contributed by atoms with van der Waals surface area (Å²) in [5.74, 6) is 0.0440. The standard InChI is InChI=1S/C26H21Cl3N4O4/c1-15-25(16(2)32(31-15)13-20-21(27)4-3-5-22(20)28)30-26(34)18-8-6-17(7-9-18)14-37-24-11-10-19(33(35)36)12-23(24)29/h3-12H,13-14H2,1-2H3,(H,30,34). The summed E-state index contributed by atoms with van der Waals surface area (Å²) in [6.45, 7) is 4.23. The second-order valence-electron chi connectivity index (χ2n) is 8.22. The third kappa shape index (κ3) is 6.05. The highest BCUT2D eigenvalue weighted by molar-refractivity contribution is 6.36. The lowest BCUT2D eigenvalue weighted by Crippen LogP contribution is -2.13. The summed E-state index contributed by atoms with van der Waals surface area (Å²) in [5.41, 5.74) is 3.94. The summed E-state index contributed by atoms with van der Waals surface area (Å²) in [5, 5.41) is 19.6. The Balaban J connectivity index is 1.42. The number of rotatable bonds is 8. The number of ether oxygens (including phenoxy) is 1. The molecule has 190 valence electrons. The second-order valence-corrected chi connectivity index (χ2v) is 9.44. The van der Waals surface area contributed by atoms with Crippen molar-refractivity contribution in [2.75, 3.05) is 5.32 Å². The molecule has 0 saturated heterocycles. The van der Waals surface area contributed by atoms with E-state index in [0.717, 1.165) is 16.8 Å². The van der Waals surface area contributed by atoms with Crippen molar-refractivity contribution in [1.29, 1.82) is 0 Å². The van der Waals surface area contributed by atoms with Crippen LogP contribution >= 0.6 is 34.8 Å². The molecule has 1 heterocycles. The predicted octanol–water partition coefficient (Wildman–Crippen LogP) is 7.25. The second kappa shape index (κ2) is 11.2. The smallest absolute Gasteiger partial charge is 0.271 e. The molecule has 4 rings (SSSR count). The summed E-state index contributed by atoms with van der Waals surface area (Å²) in [6.07, 6.45) is 0. The summed E-state index contributed by atoms with van der Waals surface area (Å²) in [6, 6.07) is 16.2. The minimum absolute atomic E-state index is 0.114. The van der Waals surface area contributed by atoms with Crippen LogP contribution in [-0.4, -0.2) is 20.6 Å². The third-order valence-corrected chi connectivity index (χ3v) is 6.73. The predicted molar refractivity (Wildman–Crippen MR) is 144 cm³/mol. The quantitative estimate of drug-likeness (QED) is 0.181. The largest absolute Gasteiger partial charge is 0.487 e. The van der Waals surface area contributed by atoms with Gasteiger partial charge >= 0.3 is 0 Å². The molecule has 4 aromatic rings. The van der Waals surface area contributed by atoms with Gasteiger partial charge in [0.15, 0.2) is 0 Å². The minimum Gasteiger partial charge on any atom is -0.487 e. The molecule has 0 unspecified atom stereocenters. The number of benzene rings is 3. The van der Waals surface area contributed by atoms with Crippen LogP contribution in [0.15, 0.2) is 60.7 Å². The lowest BCUT2D eigenvalue weighted by Gasteiger charge is -2.10. The minimum atomic E-state index is -0.526. The number of hydrogen-bond acceptors (Lipinski definition) is 5. The van der Waals surface area contributed by atoms with E-state index in [4.69, 9.17) is 39.5 Å². The summed E-state index contributed by atoms with van der Waals surface area (Å²) >= 11 is 18.7. The summed E-state index contributed by atoms with van der Waals surface area (Å²) < 4.78 is 7.42. The first-order valence-electron chi connectivity index (χ1n) is 11.1. The molecular weight excluding hydrogens is 539 g/mol. The first-order chi connectivity index (χ1) is 17.6. The number of nitrogens with one attached hydrogen (secondary N) is 1. The topological polar surface area (TPSA) is 99.3 Å². The molecular formula is C26H21Cl3N4O4. The lowest BCUT2D eigenvalue weighted by molar-refractivity contribution is -0.384. The average Bonchev–Trinajstić information content (AvgIpc) is 3.13. The van der Waals surface area contributed by atoms with E-state index in [0.29, 0.717) is 39.3 Å². The van der Waals surface area contributed by atoms with Crippen LogP contribution in [0.25, 0.3) is 0 Å². The number of amides is 1. The van der Waals surface area contributed by atoms with Gasteiger partial charge < -0.3 is 10.1 Å². The molecule has 1 aromatic heterocycles. The van der Waals surface area contributed by atoms with Crippen molar-refractivity contribution in [2.45, 2.75) is 27.0 Å². The average molecular weight is 560 g/mol. The van der Waals surface area contributed by atoms with Gasteiger partial charge in [0.25, 0.3) is 11.6 Å². The SMILES string of the molecule is Cc1nn(Cc2c(Cl)cccc2Cl)c(C)c1NC(=O)c1ccc(COc2ccc([N+](=O)[O-])cc2Cl)cc1. The van der Waals surface area contributed by atoms with Crippen LogP contribution in [0.3, 0.4) is 0 Å². The van der Waals surface area contributed by atoms with Gasteiger partial charge in [-0.05, 0) is 49.7 Å². The van der Waals surface area contributed by atoms with Gasteiger partial charge in [-0.3, -0.25) is 19.6 Å². The summed E-state index contributed by atoms with van der Waals surface area (Å²) in [4.78, 5) is 23.2. The van der Waals surface area contributed by atoms with Crippen molar-refractivity contribution in [3.63, 3.8) is 0 Å². The highest BCUT2D eigenvalue weighted by atomic mass is 35.5. The maximum atomic E-state index is 12.9. The number of carbonyl (C=O) groups excluding carboxylic acids is 1. The Hall–Kier alpha value is -3.59. The van der Waals surface area contributed by atoms with E-state index in [1.165, 1.54) is 18.2 Å². The molecule has 11 heteroatoms. The van der Waals surface area contributed by atoms with E-state index in [9.17, 15) is 14.9 Å². The van der Waals surface area contributed by atoms with Crippen LogP contribution < -0.4 is 10.1 Å². The fourth-order valence-corrected chi connectivity index (χ4v) is 4.43. The number of aryl methyl sites for hydroxylation is 1. The highest BCUT2D eigenvalue weighted by Gasteiger charge is 2.17. The van der Waals surface area contributed by atoms with Gasteiger partial charge in [-0.2, -0.15) is 5.10 Å². The highest BCUT2D eigenvalue weighted by Crippen LogP contribution is 2.30. The van der Waals surface area contributed by atoms with E-state index < -0.39 is 4.92 Å². The fourth-order valence-electron chi connectivity index (χ4n) is 3.68. The first-order valence-corrected chi connectivity index (χ1v) is 12.2. The van der Waals surface area contributed by atoms with Gasteiger partial charge in [-0.25, -0.2) is 0 Å². The van der Waals surface area contributed by atoms with Crippen molar-refractivity contribution >= 4 is 52.1 Å². The number of aromatic nitrogens is 2. The maximum Gasteiger partial charge on any atom is 0.271 e. The molecule has 8 nitrogen and oxygen atoms in total. The van der Waals surface area contributed by atoms with E-state index in [2.05, 4.69) is 10.4 Å². The molecule has 0 spiro atoms. The molecule has 1 amide bonds. The number of carbonyl (C=O) groups is 1. The zero-order valence-corrected chi connectivity index (χ0v) is 22.1. The fraction of sp³-hybridized carbons (Fsp3) is 0.154. The van der Waals surface area contributed by atoms with Crippen LogP contribution in [-0.2, 0) is 13.2 Å². The van der Waals surface area contributed by atoms with Crippen LogP contribution in [0.5, 0.6) is 5.75 Å². The molecule has 0 bridgehead atoms.